The van der Waals surface area contributed by atoms with Gasteiger partial charge in [0.05, 0.1) is 37.5 Å². The van der Waals surface area contributed by atoms with Gasteiger partial charge in [0, 0.05) is 51.0 Å². The molecule has 2 saturated heterocycles. The van der Waals surface area contributed by atoms with E-state index in [2.05, 4.69) is 30.4 Å². The summed E-state index contributed by atoms with van der Waals surface area (Å²) in [4.78, 5) is 24.0. The van der Waals surface area contributed by atoms with Crippen LogP contribution in [-0.4, -0.2) is 95.0 Å². The number of imidazole rings is 1. The molecule has 37 heavy (non-hydrogen) atoms. The molecule has 2 aromatic carbocycles. The molecule has 1 aromatic heterocycles. The van der Waals surface area contributed by atoms with E-state index in [1.54, 1.807) is 18.2 Å². The zero-order valence-corrected chi connectivity index (χ0v) is 21.1. The van der Waals surface area contributed by atoms with Gasteiger partial charge in [-0.1, -0.05) is 0 Å². The highest BCUT2D eigenvalue weighted by Gasteiger charge is 2.19. The third-order valence-electron chi connectivity index (χ3n) is 6.21. The summed E-state index contributed by atoms with van der Waals surface area (Å²) in [6.07, 6.45) is 0. The molecule has 2 amide bonds. The van der Waals surface area contributed by atoms with Gasteiger partial charge in [0.25, 0.3) is 0 Å². The van der Waals surface area contributed by atoms with Crippen LogP contribution in [0.4, 0.5) is 16.4 Å². The maximum Gasteiger partial charge on any atom is 0.339 e. The minimum Gasteiger partial charge on any atom is -0.379 e. The maximum absolute atomic E-state index is 12.8. The van der Waals surface area contributed by atoms with E-state index < -0.39 is 10.1 Å². The normalized spacial score (nSPS) is 17.0. The van der Waals surface area contributed by atoms with Crippen LogP contribution in [0.1, 0.15) is 0 Å². The van der Waals surface area contributed by atoms with Gasteiger partial charge in [0.1, 0.15) is 10.6 Å². The number of morpholine rings is 2. The molecule has 3 N–H and O–H groups in total. The summed E-state index contributed by atoms with van der Waals surface area (Å²) in [7, 11) is -4.03. The molecular weight excluding hydrogens is 500 g/mol. The molecule has 3 aromatic rings. The summed E-state index contributed by atoms with van der Waals surface area (Å²) in [6, 6.07) is 10.9. The van der Waals surface area contributed by atoms with Gasteiger partial charge in [-0.3, -0.25) is 10.2 Å². The molecule has 3 heterocycles. The number of fused-ring (bicyclic) bond motifs is 1. The van der Waals surface area contributed by atoms with Gasteiger partial charge in [0.15, 0.2) is 0 Å². The first-order chi connectivity index (χ1) is 18.0. The van der Waals surface area contributed by atoms with Crippen molar-refractivity contribution in [2.75, 3.05) is 75.9 Å². The fourth-order valence-corrected chi connectivity index (χ4v) is 5.15. The Bertz CT molecular complexity index is 1320. The van der Waals surface area contributed by atoms with Crippen molar-refractivity contribution in [2.45, 2.75) is 4.90 Å². The van der Waals surface area contributed by atoms with E-state index >= 15 is 0 Å². The van der Waals surface area contributed by atoms with Crippen molar-refractivity contribution in [3.05, 3.63) is 42.5 Å². The highest BCUT2D eigenvalue weighted by molar-refractivity contribution is 7.87. The van der Waals surface area contributed by atoms with E-state index in [0.29, 0.717) is 44.0 Å². The second-order valence-corrected chi connectivity index (χ2v) is 10.3. The number of benzene rings is 2. The molecule has 5 rings (SSSR count). The van der Waals surface area contributed by atoms with E-state index in [-0.39, 0.29) is 22.6 Å². The molecule has 2 aliphatic rings. The molecule has 0 radical (unpaired) electrons. The van der Waals surface area contributed by atoms with Crippen LogP contribution in [0.25, 0.3) is 11.0 Å². The topological polar surface area (TPSA) is 138 Å². The van der Waals surface area contributed by atoms with Gasteiger partial charge in [-0.25, -0.2) is 9.78 Å². The summed E-state index contributed by atoms with van der Waals surface area (Å²) in [5, 5.41) is 5.47. The van der Waals surface area contributed by atoms with E-state index in [9.17, 15) is 13.2 Å². The molecule has 13 heteroatoms. The number of rotatable bonds is 8. The number of ether oxygens (including phenoxy) is 2. The average molecular weight is 531 g/mol. The number of H-pyrrole nitrogens is 1. The predicted molar refractivity (Wildman–Crippen MR) is 138 cm³/mol. The molecular formula is C24H30N6O6S. The Morgan fingerprint density at radius 1 is 1.00 bits per heavy atom. The molecule has 198 valence electrons. The number of hydrogen-bond donors (Lipinski definition) is 3. The molecule has 12 nitrogen and oxygen atoms in total. The first kappa shape index (κ1) is 25.3. The Morgan fingerprint density at radius 3 is 2.43 bits per heavy atom. The highest BCUT2D eigenvalue weighted by atomic mass is 32.2. The van der Waals surface area contributed by atoms with Gasteiger partial charge in [-0.15, -0.1) is 0 Å². The number of aromatic nitrogens is 2. The lowest BCUT2D eigenvalue weighted by Gasteiger charge is -2.28. The Morgan fingerprint density at radius 2 is 1.70 bits per heavy atom. The van der Waals surface area contributed by atoms with Crippen LogP contribution in [0.5, 0.6) is 5.75 Å². The monoisotopic (exact) mass is 530 g/mol. The largest absolute Gasteiger partial charge is 0.379 e. The molecule has 0 bridgehead atoms. The Labute approximate surface area is 215 Å². The molecule has 0 saturated carbocycles. The first-order valence-electron chi connectivity index (χ1n) is 12.2. The van der Waals surface area contributed by atoms with E-state index in [0.717, 1.165) is 38.4 Å². The van der Waals surface area contributed by atoms with Crippen molar-refractivity contribution in [3.8, 4) is 5.75 Å². The lowest BCUT2D eigenvalue weighted by atomic mass is 10.2. The summed E-state index contributed by atoms with van der Waals surface area (Å²) in [5.41, 5.74) is 2.02. The summed E-state index contributed by atoms with van der Waals surface area (Å²) < 4.78 is 41.7. The number of anilines is 2. The number of urea groups is 1. The van der Waals surface area contributed by atoms with Crippen molar-refractivity contribution in [3.63, 3.8) is 0 Å². The molecule has 0 spiro atoms. The number of carbonyl (C=O) groups is 1. The second-order valence-electron chi connectivity index (χ2n) is 8.73. The lowest BCUT2D eigenvalue weighted by molar-refractivity contribution is 0.0388. The van der Waals surface area contributed by atoms with Crippen LogP contribution in [0, 0.1) is 0 Å². The quantitative estimate of drug-likeness (QED) is 0.371. The van der Waals surface area contributed by atoms with Gasteiger partial charge < -0.3 is 28.9 Å². The van der Waals surface area contributed by atoms with Crippen LogP contribution in [0.15, 0.2) is 47.4 Å². The van der Waals surface area contributed by atoms with Crippen molar-refractivity contribution < 1.29 is 26.9 Å². The fourth-order valence-electron chi connectivity index (χ4n) is 4.22. The maximum atomic E-state index is 12.8. The smallest absolute Gasteiger partial charge is 0.339 e. The van der Waals surface area contributed by atoms with Crippen molar-refractivity contribution in [1.82, 2.24) is 20.2 Å². The number of hydrogen-bond acceptors (Lipinski definition) is 9. The summed E-state index contributed by atoms with van der Waals surface area (Å²) in [6.45, 7) is 7.18. The summed E-state index contributed by atoms with van der Waals surface area (Å²) in [5.74, 6) is 0.382. The molecule has 2 fully saturated rings. The van der Waals surface area contributed by atoms with E-state index in [1.165, 1.54) is 24.3 Å². The van der Waals surface area contributed by atoms with Crippen LogP contribution < -0.4 is 19.7 Å². The highest BCUT2D eigenvalue weighted by Crippen LogP contribution is 2.25. The average Bonchev–Trinajstić information content (AvgIpc) is 3.31. The van der Waals surface area contributed by atoms with Crippen LogP contribution in [-0.2, 0) is 19.6 Å². The molecule has 2 aliphatic heterocycles. The lowest BCUT2D eigenvalue weighted by Crippen LogP contribution is -2.42. The minimum absolute atomic E-state index is 0.0605. The van der Waals surface area contributed by atoms with Gasteiger partial charge in [-0.05, 0) is 36.4 Å². The Balaban J connectivity index is 1.18. The van der Waals surface area contributed by atoms with Crippen LogP contribution in [0.3, 0.4) is 0 Å². The van der Waals surface area contributed by atoms with Crippen molar-refractivity contribution in [1.29, 1.82) is 0 Å². The van der Waals surface area contributed by atoms with Gasteiger partial charge in [0.2, 0.25) is 5.95 Å². The van der Waals surface area contributed by atoms with E-state index in [4.69, 9.17) is 13.7 Å². The standard InChI is InChI=1S/C24H30N6O6S/c31-24(25-7-8-29-9-13-34-14-10-29)28-23-26-21-6-3-19(17-22(21)27-23)36-37(32,33)20-4-1-18(2-5-20)30-11-15-35-16-12-30/h1-6,17H,7-16H2,(H3,25,26,27,28,31). The summed E-state index contributed by atoms with van der Waals surface area (Å²) >= 11 is 0. The minimum atomic E-state index is -4.03. The van der Waals surface area contributed by atoms with E-state index in [1.807, 2.05) is 0 Å². The molecule has 0 atom stereocenters. The number of nitrogens with zero attached hydrogens (tertiary/aromatic N) is 3. The Hall–Kier alpha value is -3.39. The SMILES string of the molecule is O=C(NCCN1CCOCC1)Nc1nc2ccc(OS(=O)(=O)c3ccc(N4CCOCC4)cc3)cc2[nH]1. The zero-order chi connectivity index (χ0) is 25.7. The van der Waals surface area contributed by atoms with Crippen LogP contribution in [0.2, 0.25) is 0 Å². The first-order valence-corrected chi connectivity index (χ1v) is 13.6. The van der Waals surface area contributed by atoms with Crippen LogP contribution >= 0.6 is 0 Å². The van der Waals surface area contributed by atoms with Gasteiger partial charge in [-0.2, -0.15) is 8.42 Å². The zero-order valence-electron chi connectivity index (χ0n) is 20.3. The molecule has 0 aliphatic carbocycles. The number of carbonyl (C=O) groups excluding carboxylic acids is 1. The number of aromatic amines is 1. The second kappa shape index (κ2) is 11.3. The van der Waals surface area contributed by atoms with Crippen molar-refractivity contribution >= 4 is 38.8 Å². The number of nitrogens with one attached hydrogen (secondary N) is 3. The molecule has 0 unspecified atom stereocenters. The fraction of sp³-hybridized carbons (Fsp3) is 0.417. The van der Waals surface area contributed by atoms with Gasteiger partial charge >= 0.3 is 16.1 Å². The Kier molecular flexibility index (Phi) is 7.74. The number of amides is 2. The predicted octanol–water partition coefficient (Wildman–Crippen LogP) is 1.62. The third-order valence-corrected chi connectivity index (χ3v) is 7.47. The third kappa shape index (κ3) is 6.49. The van der Waals surface area contributed by atoms with Crippen molar-refractivity contribution in [2.24, 2.45) is 0 Å².